The molecule has 6 heteroatoms. The van der Waals surface area contributed by atoms with E-state index in [1.807, 2.05) is 12.1 Å². The minimum Gasteiger partial charge on any atom is -0.497 e. The van der Waals surface area contributed by atoms with Crippen LogP contribution in [0.5, 0.6) is 5.75 Å². The first-order valence-electron chi connectivity index (χ1n) is 9.40. The second-order valence-electron chi connectivity index (χ2n) is 7.01. The zero-order valence-corrected chi connectivity index (χ0v) is 16.3. The van der Waals surface area contributed by atoms with Crippen molar-refractivity contribution in [3.8, 4) is 16.2 Å². The van der Waals surface area contributed by atoms with Gasteiger partial charge in [-0.2, -0.15) is 0 Å². The second kappa shape index (κ2) is 7.72. The van der Waals surface area contributed by atoms with Crippen LogP contribution in [0.1, 0.15) is 40.1 Å². The number of rotatable bonds is 4. The number of piperidine rings is 1. The van der Waals surface area contributed by atoms with E-state index < -0.39 is 5.97 Å². The lowest BCUT2D eigenvalue weighted by atomic mass is 9.91. The number of carbonyl (C=O) groups excluding carboxylic acids is 2. The smallest absolute Gasteiger partial charge is 0.348 e. The summed E-state index contributed by atoms with van der Waals surface area (Å²) in [6.45, 7) is 1.36. The number of hydrogen-bond acceptors (Lipinski definition) is 5. The molecule has 2 aromatic rings. The summed E-state index contributed by atoms with van der Waals surface area (Å²) in [5.74, 6) is 0.348. The van der Waals surface area contributed by atoms with Gasteiger partial charge in [-0.15, -0.1) is 11.3 Å². The Morgan fingerprint density at radius 3 is 2.63 bits per heavy atom. The van der Waals surface area contributed by atoms with Crippen molar-refractivity contribution in [1.82, 2.24) is 4.90 Å². The molecule has 0 atom stereocenters. The number of amides is 1. The normalized spacial score (nSPS) is 15.7. The monoisotopic (exact) mass is 385 g/mol. The number of thiophene rings is 1. The molecule has 1 fully saturated rings. The predicted octanol–water partition coefficient (Wildman–Crippen LogP) is 3.69. The molecule has 0 bridgehead atoms. The lowest BCUT2D eigenvalue weighted by molar-refractivity contribution is -0.135. The standard InChI is InChI=1S/C21H23NO4S/c1-25-16-7-8-17-14(11-16)5-6-15-12-18(27-20(15)17)21(24)26-13-19(23)22-9-3-2-4-10-22/h7-8,11-12H,2-6,9-10,13H2,1H3. The van der Waals surface area contributed by atoms with Crippen LogP contribution in [-0.2, 0) is 22.4 Å². The molecule has 2 aliphatic rings. The predicted molar refractivity (Wildman–Crippen MR) is 104 cm³/mol. The molecule has 1 aromatic heterocycles. The van der Waals surface area contributed by atoms with Gasteiger partial charge >= 0.3 is 5.97 Å². The number of methoxy groups -OCH3 is 1. The molecule has 0 spiro atoms. The minimum absolute atomic E-state index is 0.0955. The third-order valence-corrected chi connectivity index (χ3v) is 6.46. The average molecular weight is 385 g/mol. The first-order chi connectivity index (χ1) is 13.2. The molecule has 1 amide bonds. The van der Waals surface area contributed by atoms with E-state index in [-0.39, 0.29) is 12.5 Å². The van der Waals surface area contributed by atoms with Gasteiger partial charge in [0.05, 0.1) is 7.11 Å². The lowest BCUT2D eigenvalue weighted by Crippen LogP contribution is -2.38. The number of benzene rings is 1. The van der Waals surface area contributed by atoms with Crippen LogP contribution in [0.3, 0.4) is 0 Å². The Balaban J connectivity index is 1.45. The van der Waals surface area contributed by atoms with Gasteiger partial charge in [0, 0.05) is 18.0 Å². The van der Waals surface area contributed by atoms with Crippen LogP contribution in [0.25, 0.3) is 10.4 Å². The molecular weight excluding hydrogens is 362 g/mol. The Morgan fingerprint density at radius 1 is 1.07 bits per heavy atom. The van der Waals surface area contributed by atoms with Crippen LogP contribution >= 0.6 is 11.3 Å². The highest BCUT2D eigenvalue weighted by Gasteiger charge is 2.24. The van der Waals surface area contributed by atoms with E-state index in [9.17, 15) is 9.59 Å². The topological polar surface area (TPSA) is 55.8 Å². The van der Waals surface area contributed by atoms with E-state index in [2.05, 4.69) is 12.1 Å². The number of ether oxygens (including phenoxy) is 2. The highest BCUT2D eigenvalue weighted by Crippen LogP contribution is 2.41. The van der Waals surface area contributed by atoms with E-state index in [1.54, 1.807) is 12.0 Å². The van der Waals surface area contributed by atoms with Crippen LogP contribution in [0.4, 0.5) is 0 Å². The molecule has 0 saturated carbocycles. The second-order valence-corrected chi connectivity index (χ2v) is 8.06. The van der Waals surface area contributed by atoms with E-state index in [0.29, 0.717) is 4.88 Å². The number of aryl methyl sites for hydroxylation is 2. The largest absolute Gasteiger partial charge is 0.497 e. The Kier molecular flexibility index (Phi) is 5.16. The molecule has 5 nitrogen and oxygen atoms in total. The summed E-state index contributed by atoms with van der Waals surface area (Å²) >= 11 is 1.45. The van der Waals surface area contributed by atoms with Crippen LogP contribution in [-0.4, -0.2) is 43.6 Å². The molecule has 0 unspecified atom stereocenters. The van der Waals surface area contributed by atoms with Crippen molar-refractivity contribution in [2.45, 2.75) is 32.1 Å². The van der Waals surface area contributed by atoms with Gasteiger partial charge in [-0.05, 0) is 73.1 Å². The highest BCUT2D eigenvalue weighted by atomic mass is 32.1. The van der Waals surface area contributed by atoms with Crippen molar-refractivity contribution < 1.29 is 19.1 Å². The fourth-order valence-electron chi connectivity index (χ4n) is 3.77. The fourth-order valence-corrected chi connectivity index (χ4v) is 4.94. The van der Waals surface area contributed by atoms with Crippen molar-refractivity contribution in [3.63, 3.8) is 0 Å². The summed E-state index contributed by atoms with van der Waals surface area (Å²) in [7, 11) is 1.67. The van der Waals surface area contributed by atoms with Crippen LogP contribution in [0, 0.1) is 0 Å². The van der Waals surface area contributed by atoms with Gasteiger partial charge < -0.3 is 14.4 Å². The SMILES string of the molecule is COc1ccc2c(c1)CCc1cc(C(=O)OCC(=O)N3CCCCC3)sc1-2. The van der Waals surface area contributed by atoms with Gasteiger partial charge in [0.25, 0.3) is 5.91 Å². The third kappa shape index (κ3) is 3.72. The van der Waals surface area contributed by atoms with Crippen LogP contribution < -0.4 is 4.74 Å². The van der Waals surface area contributed by atoms with Gasteiger partial charge in [-0.25, -0.2) is 4.79 Å². The molecular formula is C21H23NO4S. The maximum atomic E-state index is 12.5. The first-order valence-corrected chi connectivity index (χ1v) is 10.2. The van der Waals surface area contributed by atoms with Gasteiger partial charge in [-0.3, -0.25) is 4.79 Å². The van der Waals surface area contributed by atoms with Gasteiger partial charge in [0.2, 0.25) is 0 Å². The maximum absolute atomic E-state index is 12.5. The number of nitrogens with zero attached hydrogens (tertiary/aromatic N) is 1. The number of carbonyl (C=O) groups is 2. The first kappa shape index (κ1) is 18.0. The Morgan fingerprint density at radius 2 is 1.85 bits per heavy atom. The molecule has 1 aliphatic carbocycles. The van der Waals surface area contributed by atoms with E-state index in [1.165, 1.54) is 22.5 Å². The summed E-state index contributed by atoms with van der Waals surface area (Å²) in [5.41, 5.74) is 3.57. The highest BCUT2D eigenvalue weighted by molar-refractivity contribution is 7.17. The molecule has 1 aliphatic heterocycles. The average Bonchev–Trinajstić information content (AvgIpc) is 3.16. The molecule has 0 radical (unpaired) electrons. The summed E-state index contributed by atoms with van der Waals surface area (Å²) in [6.07, 6.45) is 5.05. The number of esters is 1. The van der Waals surface area contributed by atoms with E-state index in [0.717, 1.165) is 61.4 Å². The molecule has 27 heavy (non-hydrogen) atoms. The van der Waals surface area contributed by atoms with Crippen molar-refractivity contribution in [2.24, 2.45) is 0 Å². The molecule has 1 aromatic carbocycles. The molecule has 4 rings (SSSR count). The molecule has 0 N–H and O–H groups in total. The van der Waals surface area contributed by atoms with Crippen molar-refractivity contribution >= 4 is 23.2 Å². The quantitative estimate of drug-likeness (QED) is 0.753. The van der Waals surface area contributed by atoms with Crippen molar-refractivity contribution in [1.29, 1.82) is 0 Å². The molecule has 1 saturated heterocycles. The maximum Gasteiger partial charge on any atom is 0.348 e. The lowest BCUT2D eigenvalue weighted by Gasteiger charge is -2.26. The van der Waals surface area contributed by atoms with Crippen molar-refractivity contribution in [2.75, 3.05) is 26.8 Å². The van der Waals surface area contributed by atoms with E-state index >= 15 is 0 Å². The van der Waals surface area contributed by atoms with Crippen LogP contribution in [0.15, 0.2) is 24.3 Å². The number of hydrogen-bond donors (Lipinski definition) is 0. The van der Waals surface area contributed by atoms with Crippen molar-refractivity contribution in [3.05, 3.63) is 40.3 Å². The fraction of sp³-hybridized carbons (Fsp3) is 0.429. The van der Waals surface area contributed by atoms with Crippen LogP contribution in [0.2, 0.25) is 0 Å². The summed E-state index contributed by atoms with van der Waals surface area (Å²) in [6, 6.07) is 7.98. The number of fused-ring (bicyclic) bond motifs is 3. The minimum atomic E-state index is -0.408. The Bertz CT molecular complexity index is 867. The zero-order valence-electron chi connectivity index (χ0n) is 15.5. The number of likely N-dealkylation sites (tertiary alicyclic amines) is 1. The third-order valence-electron chi connectivity index (χ3n) is 5.27. The Hall–Kier alpha value is -2.34. The van der Waals surface area contributed by atoms with Gasteiger partial charge in [0.1, 0.15) is 10.6 Å². The van der Waals surface area contributed by atoms with E-state index in [4.69, 9.17) is 9.47 Å². The van der Waals surface area contributed by atoms with Gasteiger partial charge in [-0.1, -0.05) is 0 Å². The Labute approximate surface area is 162 Å². The molecule has 2 heterocycles. The molecule has 142 valence electrons. The zero-order chi connectivity index (χ0) is 18.8. The summed E-state index contributed by atoms with van der Waals surface area (Å²) < 4.78 is 10.6. The summed E-state index contributed by atoms with van der Waals surface area (Å²) in [5, 5.41) is 0. The van der Waals surface area contributed by atoms with Gasteiger partial charge in [0.15, 0.2) is 6.61 Å². The summed E-state index contributed by atoms with van der Waals surface area (Å²) in [4.78, 5) is 28.1.